The summed E-state index contributed by atoms with van der Waals surface area (Å²) in [6.45, 7) is 1.94. The fraction of sp³-hybridized carbons (Fsp3) is 0.100. The first-order valence-corrected chi connectivity index (χ1v) is 9.82. The second-order valence-corrected chi connectivity index (χ2v) is 8.08. The summed E-state index contributed by atoms with van der Waals surface area (Å²) in [5.74, 6) is 0.527. The number of benzene rings is 2. The molecule has 0 radical (unpaired) electrons. The molecule has 2 aromatic rings. The van der Waals surface area contributed by atoms with Crippen molar-refractivity contribution < 1.29 is 8.42 Å². The van der Waals surface area contributed by atoms with Crippen LogP contribution >= 0.6 is 0 Å². The lowest BCUT2D eigenvalue weighted by Crippen LogP contribution is -2.15. The van der Waals surface area contributed by atoms with Crippen LogP contribution in [0.25, 0.3) is 22.8 Å². The highest BCUT2D eigenvalue weighted by atomic mass is 32.2. The van der Waals surface area contributed by atoms with E-state index in [1.165, 1.54) is 16.4 Å². The van der Waals surface area contributed by atoms with Crippen molar-refractivity contribution in [3.8, 4) is 22.8 Å². The van der Waals surface area contributed by atoms with Crippen LogP contribution in [0.15, 0.2) is 73.1 Å². The quantitative estimate of drug-likeness (QED) is 0.554. The third kappa shape index (κ3) is 3.23. The highest BCUT2D eigenvalue weighted by molar-refractivity contribution is 7.89. The molecule has 2 aliphatic rings. The minimum atomic E-state index is -3.53. The Morgan fingerprint density at radius 1 is 0.923 bits per heavy atom. The summed E-state index contributed by atoms with van der Waals surface area (Å²) in [5.41, 5.74) is 3.92. The lowest BCUT2D eigenvalue weighted by atomic mass is 10.2. The molecule has 6 heteroatoms. The van der Waals surface area contributed by atoms with Crippen molar-refractivity contribution >= 4 is 10.0 Å². The molecule has 0 spiro atoms. The Bertz CT molecular complexity index is 1130. The second kappa shape index (κ2) is 6.38. The molecule has 0 saturated heterocycles. The number of imidazole rings is 1. The molecule has 0 aromatic heterocycles. The minimum absolute atomic E-state index is 0.0649. The summed E-state index contributed by atoms with van der Waals surface area (Å²) in [7, 11) is -3.53. The Morgan fingerprint density at radius 3 is 2.46 bits per heavy atom. The maximum absolute atomic E-state index is 12.7. The smallest absolute Gasteiger partial charge is 0.242 e. The number of aryl methyl sites for hydroxylation is 1. The SMILES string of the molecule is Cc1cccc(CS(=O)(=O)n2ccc3nc(-c4ccccc4)nc-3c2)c1. The zero-order valence-electron chi connectivity index (χ0n) is 14.2. The molecule has 26 heavy (non-hydrogen) atoms. The number of hydrogen-bond donors (Lipinski definition) is 0. The van der Waals surface area contributed by atoms with Gasteiger partial charge in [0.1, 0.15) is 5.69 Å². The molecule has 2 aliphatic heterocycles. The number of hydrogen-bond acceptors (Lipinski definition) is 4. The number of fused-ring (bicyclic) bond motifs is 1. The fourth-order valence-electron chi connectivity index (χ4n) is 2.87. The van der Waals surface area contributed by atoms with E-state index < -0.39 is 10.0 Å². The molecule has 2 heterocycles. The number of pyridine rings is 1. The van der Waals surface area contributed by atoms with Gasteiger partial charge in [-0.05, 0) is 18.6 Å². The zero-order valence-corrected chi connectivity index (χ0v) is 15.0. The first-order valence-electron chi connectivity index (χ1n) is 8.21. The molecule has 0 atom stereocenters. The van der Waals surface area contributed by atoms with E-state index in [1.807, 2.05) is 61.5 Å². The summed E-state index contributed by atoms with van der Waals surface area (Å²) in [4.78, 5) is 8.96. The molecule has 0 bridgehead atoms. The predicted molar refractivity (Wildman–Crippen MR) is 101 cm³/mol. The van der Waals surface area contributed by atoms with Gasteiger partial charge in [0.15, 0.2) is 5.82 Å². The van der Waals surface area contributed by atoms with Crippen LogP contribution in [-0.4, -0.2) is 22.4 Å². The molecule has 0 saturated carbocycles. The minimum Gasteiger partial charge on any atom is -0.250 e. The van der Waals surface area contributed by atoms with Crippen molar-refractivity contribution in [2.45, 2.75) is 12.7 Å². The van der Waals surface area contributed by atoms with Gasteiger partial charge in [-0.1, -0.05) is 60.2 Å². The molecule has 2 aromatic carbocycles. The summed E-state index contributed by atoms with van der Waals surface area (Å²) >= 11 is 0. The van der Waals surface area contributed by atoms with Crippen LogP contribution in [-0.2, 0) is 15.8 Å². The first-order chi connectivity index (χ1) is 12.5. The van der Waals surface area contributed by atoms with E-state index in [9.17, 15) is 8.42 Å². The van der Waals surface area contributed by atoms with E-state index in [2.05, 4.69) is 9.97 Å². The van der Waals surface area contributed by atoms with Crippen LogP contribution < -0.4 is 0 Å². The molecular formula is C20H17N3O2S. The molecule has 0 aliphatic carbocycles. The van der Waals surface area contributed by atoms with Crippen LogP contribution in [0, 0.1) is 6.92 Å². The largest absolute Gasteiger partial charge is 0.250 e. The summed E-state index contributed by atoms with van der Waals surface area (Å²) in [5, 5.41) is 0. The van der Waals surface area contributed by atoms with Gasteiger partial charge >= 0.3 is 0 Å². The predicted octanol–water partition coefficient (Wildman–Crippen LogP) is 3.74. The first kappa shape index (κ1) is 16.5. The Labute approximate surface area is 152 Å². The molecule has 130 valence electrons. The molecule has 5 nitrogen and oxygen atoms in total. The van der Waals surface area contributed by atoms with Gasteiger partial charge in [-0.25, -0.2) is 18.4 Å². The lowest BCUT2D eigenvalue weighted by Gasteiger charge is -2.10. The number of nitrogens with zero attached hydrogens (tertiary/aromatic N) is 3. The number of rotatable bonds is 4. The zero-order chi connectivity index (χ0) is 18.1. The molecule has 0 amide bonds. The summed E-state index contributed by atoms with van der Waals surface area (Å²) in [6, 6.07) is 18.8. The van der Waals surface area contributed by atoms with E-state index in [-0.39, 0.29) is 5.75 Å². The molecule has 0 N–H and O–H groups in total. The van der Waals surface area contributed by atoms with Gasteiger partial charge < -0.3 is 0 Å². The summed E-state index contributed by atoms with van der Waals surface area (Å²) in [6.07, 6.45) is 3.05. The van der Waals surface area contributed by atoms with Gasteiger partial charge in [0.05, 0.1) is 11.4 Å². The van der Waals surface area contributed by atoms with Crippen LogP contribution in [0.3, 0.4) is 0 Å². The Hall–Kier alpha value is -2.99. The topological polar surface area (TPSA) is 64.8 Å². The maximum Gasteiger partial charge on any atom is 0.242 e. The molecule has 0 unspecified atom stereocenters. The molecular weight excluding hydrogens is 346 g/mol. The van der Waals surface area contributed by atoms with Gasteiger partial charge in [-0.15, -0.1) is 0 Å². The van der Waals surface area contributed by atoms with Crippen LogP contribution in [0.5, 0.6) is 0 Å². The van der Waals surface area contributed by atoms with E-state index >= 15 is 0 Å². The standard InChI is InChI=1S/C20H17N3O2S/c1-15-6-5-7-16(12-15)14-26(24,25)23-11-10-18-19(13-23)22-20(21-18)17-8-3-2-4-9-17/h2-13H,14H2,1H3. The van der Waals surface area contributed by atoms with E-state index in [4.69, 9.17) is 0 Å². The van der Waals surface area contributed by atoms with Crippen molar-refractivity contribution in [3.05, 3.63) is 84.2 Å². The van der Waals surface area contributed by atoms with Crippen molar-refractivity contribution in [2.75, 3.05) is 0 Å². The van der Waals surface area contributed by atoms with Crippen molar-refractivity contribution in [2.24, 2.45) is 0 Å². The van der Waals surface area contributed by atoms with Gasteiger partial charge in [-0.3, -0.25) is 3.97 Å². The van der Waals surface area contributed by atoms with Gasteiger partial charge in [0.2, 0.25) is 10.0 Å². The number of aromatic nitrogens is 3. The normalized spacial score (nSPS) is 11.7. The Morgan fingerprint density at radius 2 is 1.69 bits per heavy atom. The van der Waals surface area contributed by atoms with E-state index in [0.29, 0.717) is 17.2 Å². The summed E-state index contributed by atoms with van der Waals surface area (Å²) < 4.78 is 26.7. The van der Waals surface area contributed by atoms with Gasteiger partial charge in [-0.2, -0.15) is 0 Å². The monoisotopic (exact) mass is 363 g/mol. The van der Waals surface area contributed by atoms with Crippen LogP contribution in [0.1, 0.15) is 11.1 Å². The van der Waals surface area contributed by atoms with Crippen LogP contribution in [0.4, 0.5) is 0 Å². The lowest BCUT2D eigenvalue weighted by molar-refractivity contribution is 0.586. The highest BCUT2D eigenvalue weighted by Gasteiger charge is 2.18. The van der Waals surface area contributed by atoms with Gasteiger partial charge in [0, 0.05) is 18.0 Å². The molecule has 0 fully saturated rings. The van der Waals surface area contributed by atoms with Crippen molar-refractivity contribution in [3.63, 3.8) is 0 Å². The van der Waals surface area contributed by atoms with E-state index in [1.54, 1.807) is 6.07 Å². The van der Waals surface area contributed by atoms with Crippen molar-refractivity contribution in [1.82, 2.24) is 13.9 Å². The van der Waals surface area contributed by atoms with Crippen LogP contribution in [0.2, 0.25) is 0 Å². The maximum atomic E-state index is 12.7. The third-order valence-electron chi connectivity index (χ3n) is 4.13. The highest BCUT2D eigenvalue weighted by Crippen LogP contribution is 2.25. The Balaban J connectivity index is 1.70. The molecule has 4 rings (SSSR count). The van der Waals surface area contributed by atoms with Gasteiger partial charge in [0.25, 0.3) is 0 Å². The average molecular weight is 363 g/mol. The fourth-order valence-corrected chi connectivity index (χ4v) is 4.13. The third-order valence-corrected chi connectivity index (χ3v) is 5.70. The average Bonchev–Trinajstić information content (AvgIpc) is 3.05. The van der Waals surface area contributed by atoms with Crippen molar-refractivity contribution in [1.29, 1.82) is 0 Å². The Kier molecular flexibility index (Phi) is 4.05. The second-order valence-electron chi connectivity index (χ2n) is 6.20. The van der Waals surface area contributed by atoms with E-state index in [0.717, 1.165) is 16.7 Å².